The highest BCUT2D eigenvalue weighted by atomic mass is 35.5. The number of amides is 3. The molecule has 194 valence electrons. The first-order valence-electron chi connectivity index (χ1n) is 11.2. The van der Waals surface area contributed by atoms with Gasteiger partial charge in [0, 0.05) is 18.7 Å². The van der Waals surface area contributed by atoms with E-state index < -0.39 is 23.7 Å². The molecule has 0 bridgehead atoms. The van der Waals surface area contributed by atoms with Crippen molar-refractivity contribution >= 4 is 35.2 Å². The minimum atomic E-state index is -4.54. The van der Waals surface area contributed by atoms with Crippen molar-refractivity contribution in [2.24, 2.45) is 5.92 Å². The minimum Gasteiger partial charge on any atom is -0.490 e. The fourth-order valence-electron chi connectivity index (χ4n) is 3.72. The van der Waals surface area contributed by atoms with E-state index in [1.54, 1.807) is 24.3 Å². The highest BCUT2D eigenvalue weighted by molar-refractivity contribution is 6.33. The number of carboxylic acid groups (broad SMARTS) is 1. The standard InChI is InChI=1S/C24H25ClF3N3O5/c25-19-13-16(24(26,27)28)5-10-20(19)31-23(35)30-12-11-29-21(32)14-1-6-17(7-2-14)36-18-8-3-15(4-9-18)22(33)34/h1-2,5-7,10,13,15,18H,3-4,8-9,11-12H2,(H,29,32)(H,33,34)(H2,30,31,35)/t15-,18+. The second kappa shape index (κ2) is 12.0. The van der Waals surface area contributed by atoms with Crippen LogP contribution >= 0.6 is 11.6 Å². The molecule has 8 nitrogen and oxygen atoms in total. The number of ether oxygens (including phenoxy) is 1. The lowest BCUT2D eigenvalue weighted by Gasteiger charge is -2.26. The van der Waals surface area contributed by atoms with Gasteiger partial charge in [-0.15, -0.1) is 0 Å². The Hall–Kier alpha value is -3.47. The van der Waals surface area contributed by atoms with Crippen molar-refractivity contribution in [1.29, 1.82) is 0 Å². The molecule has 0 spiro atoms. The van der Waals surface area contributed by atoms with Crippen LogP contribution < -0.4 is 20.7 Å². The fourth-order valence-corrected chi connectivity index (χ4v) is 3.95. The fraction of sp³-hybridized carbons (Fsp3) is 0.375. The molecule has 0 aromatic heterocycles. The van der Waals surface area contributed by atoms with Gasteiger partial charge in [0.05, 0.1) is 28.3 Å². The van der Waals surface area contributed by atoms with Crippen molar-refractivity contribution in [1.82, 2.24) is 10.6 Å². The first kappa shape index (κ1) is 27.1. The zero-order valence-corrected chi connectivity index (χ0v) is 19.8. The number of carbonyl (C=O) groups excluding carboxylic acids is 2. The molecule has 0 atom stereocenters. The Morgan fingerprint density at radius 2 is 1.61 bits per heavy atom. The lowest BCUT2D eigenvalue weighted by Crippen LogP contribution is -2.36. The van der Waals surface area contributed by atoms with Crippen LogP contribution in [0.3, 0.4) is 0 Å². The summed E-state index contributed by atoms with van der Waals surface area (Å²) in [5.74, 6) is -0.871. The summed E-state index contributed by atoms with van der Waals surface area (Å²) in [6, 6.07) is 8.42. The number of rotatable bonds is 8. The van der Waals surface area contributed by atoms with Crippen LogP contribution in [-0.2, 0) is 11.0 Å². The number of halogens is 4. The predicted octanol–water partition coefficient (Wildman–Crippen LogP) is 4.93. The lowest BCUT2D eigenvalue weighted by atomic mass is 9.87. The monoisotopic (exact) mass is 527 g/mol. The van der Waals surface area contributed by atoms with Crippen LogP contribution in [0.1, 0.15) is 41.6 Å². The number of carboxylic acids is 1. The van der Waals surface area contributed by atoms with Gasteiger partial charge in [0.25, 0.3) is 5.91 Å². The van der Waals surface area contributed by atoms with E-state index in [0.29, 0.717) is 37.0 Å². The van der Waals surface area contributed by atoms with Crippen LogP contribution in [0.4, 0.5) is 23.7 Å². The third kappa shape index (κ3) is 7.77. The van der Waals surface area contributed by atoms with E-state index in [-0.39, 0.29) is 41.7 Å². The molecule has 36 heavy (non-hydrogen) atoms. The number of hydrogen-bond donors (Lipinski definition) is 4. The molecule has 0 saturated heterocycles. The Morgan fingerprint density at radius 1 is 0.972 bits per heavy atom. The Morgan fingerprint density at radius 3 is 2.19 bits per heavy atom. The maximum Gasteiger partial charge on any atom is 0.416 e. The molecule has 0 unspecified atom stereocenters. The number of alkyl halides is 3. The van der Waals surface area contributed by atoms with E-state index in [9.17, 15) is 27.6 Å². The molecule has 1 aliphatic rings. The molecule has 0 heterocycles. The van der Waals surface area contributed by atoms with Crippen LogP contribution in [0.25, 0.3) is 0 Å². The quantitative estimate of drug-likeness (QED) is 0.363. The highest BCUT2D eigenvalue weighted by Gasteiger charge is 2.31. The zero-order chi connectivity index (χ0) is 26.3. The smallest absolute Gasteiger partial charge is 0.416 e. The summed E-state index contributed by atoms with van der Waals surface area (Å²) in [4.78, 5) is 35.3. The molecule has 2 aromatic rings. The number of benzene rings is 2. The number of anilines is 1. The first-order valence-corrected chi connectivity index (χ1v) is 11.6. The van der Waals surface area contributed by atoms with Gasteiger partial charge < -0.3 is 25.8 Å². The summed E-state index contributed by atoms with van der Waals surface area (Å²) in [6.45, 7) is 0.175. The Kier molecular flexibility index (Phi) is 9.03. The number of hydrogen-bond acceptors (Lipinski definition) is 4. The predicted molar refractivity (Wildman–Crippen MR) is 126 cm³/mol. The van der Waals surface area contributed by atoms with Crippen LogP contribution in [0.5, 0.6) is 5.75 Å². The van der Waals surface area contributed by atoms with Gasteiger partial charge in [-0.05, 0) is 68.1 Å². The van der Waals surface area contributed by atoms with Crippen LogP contribution in [0.15, 0.2) is 42.5 Å². The summed E-state index contributed by atoms with van der Waals surface area (Å²) in [7, 11) is 0. The van der Waals surface area contributed by atoms with Crippen molar-refractivity contribution < 1.29 is 37.4 Å². The first-order chi connectivity index (χ1) is 17.0. The van der Waals surface area contributed by atoms with Gasteiger partial charge in [-0.3, -0.25) is 9.59 Å². The zero-order valence-electron chi connectivity index (χ0n) is 19.0. The lowest BCUT2D eigenvalue weighted by molar-refractivity contribution is -0.143. The van der Waals surface area contributed by atoms with E-state index in [2.05, 4.69) is 16.0 Å². The van der Waals surface area contributed by atoms with E-state index in [1.807, 2.05) is 0 Å². The molecule has 0 aliphatic heterocycles. The van der Waals surface area contributed by atoms with Crippen LogP contribution in [0.2, 0.25) is 5.02 Å². The Labute approximate surface area is 210 Å². The maximum atomic E-state index is 12.7. The summed E-state index contributed by atoms with van der Waals surface area (Å²) in [5.41, 5.74) is -0.523. The van der Waals surface area contributed by atoms with E-state index in [1.165, 1.54) is 0 Å². The van der Waals surface area contributed by atoms with Crippen molar-refractivity contribution in [2.45, 2.75) is 38.0 Å². The molecule has 0 radical (unpaired) electrons. The van der Waals surface area contributed by atoms with E-state index in [4.69, 9.17) is 21.4 Å². The third-order valence-corrected chi connectivity index (χ3v) is 6.00. The highest BCUT2D eigenvalue weighted by Crippen LogP contribution is 2.33. The molecule has 2 aromatic carbocycles. The topological polar surface area (TPSA) is 117 Å². The number of urea groups is 1. The third-order valence-electron chi connectivity index (χ3n) is 5.68. The van der Waals surface area contributed by atoms with Crippen molar-refractivity contribution in [2.75, 3.05) is 18.4 Å². The van der Waals surface area contributed by atoms with Gasteiger partial charge in [-0.2, -0.15) is 13.2 Å². The normalized spacial score (nSPS) is 17.7. The van der Waals surface area contributed by atoms with Crippen molar-refractivity contribution in [3.8, 4) is 5.75 Å². The summed E-state index contributed by atoms with van der Waals surface area (Å²) in [6.07, 6.45) is -2.14. The number of nitrogens with one attached hydrogen (secondary N) is 3. The summed E-state index contributed by atoms with van der Waals surface area (Å²) >= 11 is 5.80. The molecular formula is C24H25ClF3N3O5. The molecule has 3 rings (SSSR count). The second-order valence-electron chi connectivity index (χ2n) is 8.28. The molecule has 4 N–H and O–H groups in total. The van der Waals surface area contributed by atoms with E-state index in [0.717, 1.165) is 18.2 Å². The van der Waals surface area contributed by atoms with E-state index >= 15 is 0 Å². The molecular weight excluding hydrogens is 503 g/mol. The minimum absolute atomic E-state index is 0.0171. The maximum absolute atomic E-state index is 12.7. The molecule has 12 heteroatoms. The largest absolute Gasteiger partial charge is 0.490 e. The number of aliphatic carboxylic acids is 1. The SMILES string of the molecule is O=C(NCCNC(=O)c1ccc(O[C@H]2CC[C@@H](C(=O)O)CC2)cc1)Nc1ccc(C(F)(F)F)cc1Cl. The molecule has 1 aliphatic carbocycles. The van der Waals surface area contributed by atoms with Crippen LogP contribution in [-0.4, -0.2) is 42.2 Å². The summed E-state index contributed by atoms with van der Waals surface area (Å²) in [5, 5.41) is 16.3. The summed E-state index contributed by atoms with van der Waals surface area (Å²) < 4.78 is 43.9. The van der Waals surface area contributed by atoms with Crippen molar-refractivity contribution in [3.05, 3.63) is 58.6 Å². The van der Waals surface area contributed by atoms with Gasteiger partial charge in [-0.25, -0.2) is 4.79 Å². The second-order valence-corrected chi connectivity index (χ2v) is 8.69. The Bertz CT molecular complexity index is 1090. The number of carbonyl (C=O) groups is 3. The van der Waals surface area contributed by atoms with Gasteiger partial charge in [-0.1, -0.05) is 11.6 Å². The molecule has 1 saturated carbocycles. The van der Waals surface area contributed by atoms with Gasteiger partial charge in [0.1, 0.15) is 5.75 Å². The average Bonchev–Trinajstić information content (AvgIpc) is 2.83. The van der Waals surface area contributed by atoms with Crippen LogP contribution in [0, 0.1) is 5.92 Å². The van der Waals surface area contributed by atoms with Gasteiger partial charge in [0.2, 0.25) is 0 Å². The Balaban J connectivity index is 1.37. The van der Waals surface area contributed by atoms with Gasteiger partial charge >= 0.3 is 18.2 Å². The molecule has 3 amide bonds. The average molecular weight is 528 g/mol. The van der Waals surface area contributed by atoms with Gasteiger partial charge in [0.15, 0.2) is 0 Å². The molecule has 1 fully saturated rings. The van der Waals surface area contributed by atoms with Crippen molar-refractivity contribution in [3.63, 3.8) is 0 Å².